The number of nitrogens with one attached hydrogen (secondary N) is 3. The predicted octanol–water partition coefficient (Wildman–Crippen LogP) is 5.64. The van der Waals surface area contributed by atoms with E-state index in [2.05, 4.69) is 19.9 Å². The van der Waals surface area contributed by atoms with Gasteiger partial charge in [-0.3, -0.25) is 33.7 Å². The summed E-state index contributed by atoms with van der Waals surface area (Å²) in [7, 11) is 0. The van der Waals surface area contributed by atoms with Crippen LogP contribution < -0.4 is 22.5 Å². The summed E-state index contributed by atoms with van der Waals surface area (Å²) >= 11 is 5.97. The second kappa shape index (κ2) is 15.4. The predicted molar refractivity (Wildman–Crippen MR) is 194 cm³/mol. The number of halogens is 1. The molecule has 0 radical (unpaired) electrons. The number of aryl methyl sites for hydroxylation is 4. The van der Waals surface area contributed by atoms with Gasteiger partial charge >= 0.3 is 11.4 Å². The third kappa shape index (κ3) is 8.59. The van der Waals surface area contributed by atoms with Crippen LogP contribution in [0.5, 0.6) is 0 Å². The molecule has 0 aliphatic rings. The van der Waals surface area contributed by atoms with E-state index in [0.717, 1.165) is 22.3 Å². The molecule has 0 bridgehead atoms. The number of carbonyl (C=O) groups excluding carboxylic acids is 2. The first-order valence-electron chi connectivity index (χ1n) is 16.1. The maximum absolute atomic E-state index is 13.5. The normalized spacial score (nSPS) is 11.0. The van der Waals surface area contributed by atoms with E-state index in [1.165, 1.54) is 4.57 Å². The Morgan fingerprint density at radius 2 is 1.20 bits per heavy atom. The van der Waals surface area contributed by atoms with Gasteiger partial charge in [-0.05, 0) is 75.9 Å². The molecular weight excluding hydrogens is 658 g/mol. The largest absolute Gasteiger partial charge is 0.329 e. The molecule has 2 aromatic carbocycles. The summed E-state index contributed by atoms with van der Waals surface area (Å²) in [5.41, 5.74) is 3.52. The molecule has 0 fully saturated rings. The standard InChI is InChI=1S/C22H22ClN3O3.C16H18N2O3/c1-12(2)18-19(20(27)15-9-13(3)8-14(4)10-15)26(22(29)25-21(18)28)11-16-6-5-7-17(23)24-16;1-8(2)12-13(17-16(21)18-15(12)20)14(19)11-6-9(3)5-10(4)7-11/h5-10,12H,11H2,1-4H3,(H,25,28,29);5-8H,1-4H3,(H2,17,18,20,21). The molecule has 50 heavy (non-hydrogen) atoms. The van der Waals surface area contributed by atoms with Gasteiger partial charge in [-0.25, -0.2) is 14.6 Å². The van der Waals surface area contributed by atoms with Gasteiger partial charge in [0.05, 0.1) is 17.9 Å². The highest BCUT2D eigenvalue weighted by Crippen LogP contribution is 2.21. The average molecular weight is 698 g/mol. The monoisotopic (exact) mass is 697 g/mol. The Morgan fingerprint density at radius 3 is 1.70 bits per heavy atom. The summed E-state index contributed by atoms with van der Waals surface area (Å²) in [6, 6.07) is 16.0. The van der Waals surface area contributed by atoms with Crippen LogP contribution in [-0.2, 0) is 6.54 Å². The van der Waals surface area contributed by atoms with Crippen molar-refractivity contribution in [3.8, 4) is 0 Å². The molecular formula is C38H40ClN5O6. The van der Waals surface area contributed by atoms with Gasteiger partial charge in [-0.1, -0.05) is 79.7 Å². The Balaban J connectivity index is 0.000000237. The van der Waals surface area contributed by atoms with Crippen molar-refractivity contribution >= 4 is 23.2 Å². The minimum Gasteiger partial charge on any atom is -0.304 e. The van der Waals surface area contributed by atoms with Gasteiger partial charge in [0.25, 0.3) is 11.1 Å². The molecule has 3 aromatic heterocycles. The number of aromatic nitrogens is 5. The van der Waals surface area contributed by atoms with Crippen molar-refractivity contribution in [3.05, 3.63) is 163 Å². The highest BCUT2D eigenvalue weighted by atomic mass is 35.5. The number of benzene rings is 2. The summed E-state index contributed by atoms with van der Waals surface area (Å²) in [4.78, 5) is 86.0. The molecule has 0 atom stereocenters. The Labute approximate surface area is 293 Å². The fourth-order valence-electron chi connectivity index (χ4n) is 5.94. The molecule has 0 saturated carbocycles. The van der Waals surface area contributed by atoms with E-state index in [9.17, 15) is 28.8 Å². The molecule has 0 aliphatic heterocycles. The van der Waals surface area contributed by atoms with Crippen molar-refractivity contribution in [3.63, 3.8) is 0 Å². The van der Waals surface area contributed by atoms with Crippen molar-refractivity contribution in [2.75, 3.05) is 0 Å². The SMILES string of the molecule is Cc1cc(C)cc(C(=O)c2[nH]c(=O)[nH]c(=O)c2C(C)C)c1.Cc1cc(C)cc(C(=O)c2c(C(C)C)c(=O)[nH]c(=O)n2Cc2cccc(Cl)n2)c1. The number of pyridine rings is 1. The Bertz CT molecular complexity index is 2310. The molecule has 12 heteroatoms. The van der Waals surface area contributed by atoms with Crippen LogP contribution in [0.3, 0.4) is 0 Å². The number of H-pyrrole nitrogens is 3. The second-order valence-corrected chi connectivity index (χ2v) is 13.4. The van der Waals surface area contributed by atoms with Gasteiger partial charge in [0, 0.05) is 22.3 Å². The minimum atomic E-state index is -0.669. The molecule has 0 aliphatic carbocycles. The van der Waals surface area contributed by atoms with Crippen molar-refractivity contribution in [2.24, 2.45) is 0 Å². The van der Waals surface area contributed by atoms with Crippen molar-refractivity contribution in [1.29, 1.82) is 0 Å². The van der Waals surface area contributed by atoms with E-state index in [1.807, 2.05) is 53.7 Å². The Kier molecular flexibility index (Phi) is 11.5. The van der Waals surface area contributed by atoms with Crippen LogP contribution >= 0.6 is 11.6 Å². The molecule has 5 rings (SSSR count). The molecule has 0 amide bonds. The minimum absolute atomic E-state index is 0.0156. The number of ketones is 2. The van der Waals surface area contributed by atoms with Gasteiger partial charge in [-0.15, -0.1) is 0 Å². The quantitative estimate of drug-likeness (QED) is 0.139. The molecule has 0 spiro atoms. The summed E-state index contributed by atoms with van der Waals surface area (Å²) < 4.78 is 1.27. The Hall–Kier alpha value is -5.42. The van der Waals surface area contributed by atoms with E-state index in [0.29, 0.717) is 22.4 Å². The van der Waals surface area contributed by atoms with Crippen LogP contribution in [0.25, 0.3) is 0 Å². The topological polar surface area (TPSA) is 168 Å². The van der Waals surface area contributed by atoms with Gasteiger partial charge in [-0.2, -0.15) is 0 Å². The number of carbonyl (C=O) groups is 2. The van der Waals surface area contributed by atoms with Crippen LogP contribution in [0.1, 0.15) is 111 Å². The smallest absolute Gasteiger partial charge is 0.304 e. The molecule has 260 valence electrons. The molecule has 0 saturated heterocycles. The van der Waals surface area contributed by atoms with Crippen LogP contribution in [0, 0.1) is 27.7 Å². The zero-order chi connectivity index (χ0) is 37.0. The molecule has 5 aromatic rings. The number of hydrogen-bond acceptors (Lipinski definition) is 7. The summed E-state index contributed by atoms with van der Waals surface area (Å²) in [5, 5.41) is 0.284. The summed E-state index contributed by atoms with van der Waals surface area (Å²) in [5.74, 6) is -1.14. The highest BCUT2D eigenvalue weighted by Gasteiger charge is 2.25. The zero-order valence-corrected chi connectivity index (χ0v) is 30.0. The summed E-state index contributed by atoms with van der Waals surface area (Å²) in [6.45, 7) is 14.8. The molecule has 0 unspecified atom stereocenters. The fraction of sp³-hybridized carbons (Fsp3) is 0.289. The Morgan fingerprint density at radius 1 is 0.700 bits per heavy atom. The van der Waals surface area contributed by atoms with Crippen LogP contribution in [0.15, 0.2) is 73.8 Å². The number of hydrogen-bond donors (Lipinski definition) is 3. The third-order valence-electron chi connectivity index (χ3n) is 7.87. The van der Waals surface area contributed by atoms with Crippen LogP contribution in [0.4, 0.5) is 0 Å². The first kappa shape index (κ1) is 37.4. The van der Waals surface area contributed by atoms with Crippen molar-refractivity contribution in [1.82, 2.24) is 24.5 Å². The first-order chi connectivity index (χ1) is 23.5. The number of aromatic amines is 3. The molecule has 3 N–H and O–H groups in total. The third-order valence-corrected chi connectivity index (χ3v) is 8.08. The molecule has 3 heterocycles. The van der Waals surface area contributed by atoms with E-state index >= 15 is 0 Å². The zero-order valence-electron chi connectivity index (χ0n) is 29.3. The fourth-order valence-corrected chi connectivity index (χ4v) is 6.12. The molecule has 11 nitrogen and oxygen atoms in total. The maximum Gasteiger partial charge on any atom is 0.329 e. The lowest BCUT2D eigenvalue weighted by atomic mass is 9.95. The summed E-state index contributed by atoms with van der Waals surface area (Å²) in [6.07, 6.45) is 0. The lowest BCUT2D eigenvalue weighted by molar-refractivity contribution is 0.102. The van der Waals surface area contributed by atoms with Gasteiger partial charge in [0.1, 0.15) is 10.8 Å². The van der Waals surface area contributed by atoms with E-state index in [4.69, 9.17) is 11.6 Å². The van der Waals surface area contributed by atoms with Crippen molar-refractivity contribution in [2.45, 2.75) is 73.8 Å². The van der Waals surface area contributed by atoms with E-state index in [-0.39, 0.29) is 52.1 Å². The lowest BCUT2D eigenvalue weighted by Crippen LogP contribution is -2.38. The van der Waals surface area contributed by atoms with E-state index < -0.39 is 22.5 Å². The van der Waals surface area contributed by atoms with Crippen LogP contribution in [0.2, 0.25) is 5.15 Å². The number of rotatable bonds is 8. The van der Waals surface area contributed by atoms with Gasteiger partial charge in [0.15, 0.2) is 0 Å². The maximum atomic E-state index is 13.5. The first-order valence-corrected chi connectivity index (χ1v) is 16.5. The number of nitrogens with zero attached hydrogens (tertiary/aromatic N) is 2. The van der Waals surface area contributed by atoms with Gasteiger partial charge < -0.3 is 4.98 Å². The van der Waals surface area contributed by atoms with E-state index in [1.54, 1.807) is 56.3 Å². The lowest BCUT2D eigenvalue weighted by Gasteiger charge is -2.17. The van der Waals surface area contributed by atoms with Gasteiger partial charge in [0.2, 0.25) is 11.6 Å². The average Bonchev–Trinajstić information content (AvgIpc) is 3.00. The van der Waals surface area contributed by atoms with Crippen molar-refractivity contribution < 1.29 is 9.59 Å². The second-order valence-electron chi connectivity index (χ2n) is 13.0. The van der Waals surface area contributed by atoms with Crippen LogP contribution in [-0.4, -0.2) is 36.1 Å². The highest BCUT2D eigenvalue weighted by molar-refractivity contribution is 6.29.